The normalized spacial score (nSPS) is 11.2. The quantitative estimate of drug-likeness (QED) is 0.802. The van der Waals surface area contributed by atoms with Crippen LogP contribution in [-0.2, 0) is 19.4 Å². The SMILES string of the molecule is CCc1nn(CC)c(CC(C)C)c1O. The molecule has 3 nitrogen and oxygen atoms in total. The first kappa shape index (κ1) is 11.1. The first-order chi connectivity index (χ1) is 6.60. The maximum Gasteiger partial charge on any atom is 0.160 e. The van der Waals surface area contributed by atoms with Crippen LogP contribution < -0.4 is 0 Å². The Morgan fingerprint density at radius 1 is 1.36 bits per heavy atom. The molecule has 0 amide bonds. The van der Waals surface area contributed by atoms with Crippen LogP contribution in [0.25, 0.3) is 0 Å². The number of hydrogen-bond acceptors (Lipinski definition) is 2. The molecule has 80 valence electrons. The van der Waals surface area contributed by atoms with Gasteiger partial charge in [-0.1, -0.05) is 20.8 Å². The van der Waals surface area contributed by atoms with Crippen LogP contribution in [0.3, 0.4) is 0 Å². The lowest BCUT2D eigenvalue weighted by atomic mass is 10.1. The zero-order valence-corrected chi connectivity index (χ0v) is 9.54. The van der Waals surface area contributed by atoms with E-state index in [9.17, 15) is 5.11 Å². The molecule has 0 unspecified atom stereocenters. The number of hydrogen-bond donors (Lipinski definition) is 1. The molecule has 1 aromatic rings. The van der Waals surface area contributed by atoms with Crippen LogP contribution >= 0.6 is 0 Å². The minimum absolute atomic E-state index is 0.406. The first-order valence-corrected chi connectivity index (χ1v) is 5.37. The van der Waals surface area contributed by atoms with Crippen molar-refractivity contribution in [3.8, 4) is 5.75 Å². The standard InChI is InChI=1S/C11H20N2O/c1-5-9-11(14)10(7-8(3)4)13(6-2)12-9/h8,14H,5-7H2,1-4H3. The van der Waals surface area contributed by atoms with E-state index in [1.807, 2.05) is 11.6 Å². The molecule has 0 radical (unpaired) electrons. The highest BCUT2D eigenvalue weighted by molar-refractivity contribution is 5.32. The maximum absolute atomic E-state index is 9.91. The average molecular weight is 196 g/mol. The van der Waals surface area contributed by atoms with E-state index < -0.39 is 0 Å². The Balaban J connectivity index is 3.04. The summed E-state index contributed by atoms with van der Waals surface area (Å²) in [6.07, 6.45) is 1.69. The van der Waals surface area contributed by atoms with Crippen molar-refractivity contribution < 1.29 is 5.11 Å². The Hall–Kier alpha value is -0.990. The molecule has 0 aromatic carbocycles. The van der Waals surface area contributed by atoms with E-state index in [-0.39, 0.29) is 0 Å². The Labute approximate surface area is 85.8 Å². The third kappa shape index (κ3) is 2.08. The van der Waals surface area contributed by atoms with Crippen molar-refractivity contribution in [2.45, 2.75) is 47.1 Å². The molecule has 0 atom stereocenters. The van der Waals surface area contributed by atoms with Gasteiger partial charge in [-0.25, -0.2) is 0 Å². The van der Waals surface area contributed by atoms with Gasteiger partial charge in [0.1, 0.15) is 5.69 Å². The lowest BCUT2D eigenvalue weighted by Gasteiger charge is -2.07. The highest BCUT2D eigenvalue weighted by atomic mass is 16.3. The van der Waals surface area contributed by atoms with Crippen LogP contribution in [0.5, 0.6) is 5.75 Å². The molecular formula is C11H20N2O. The van der Waals surface area contributed by atoms with Crippen molar-refractivity contribution in [3.05, 3.63) is 11.4 Å². The summed E-state index contributed by atoms with van der Waals surface area (Å²) < 4.78 is 1.91. The lowest BCUT2D eigenvalue weighted by molar-refractivity contribution is 0.451. The summed E-state index contributed by atoms with van der Waals surface area (Å²) in [5, 5.41) is 14.3. The van der Waals surface area contributed by atoms with Gasteiger partial charge in [-0.2, -0.15) is 5.10 Å². The molecule has 0 aliphatic carbocycles. The fraction of sp³-hybridized carbons (Fsp3) is 0.727. The summed E-state index contributed by atoms with van der Waals surface area (Å²) in [5.41, 5.74) is 1.81. The molecule has 3 heteroatoms. The van der Waals surface area contributed by atoms with Crippen molar-refractivity contribution in [2.75, 3.05) is 0 Å². The van der Waals surface area contributed by atoms with Crippen LogP contribution in [0.4, 0.5) is 0 Å². The highest BCUT2D eigenvalue weighted by Crippen LogP contribution is 2.25. The summed E-state index contributed by atoms with van der Waals surface area (Å²) in [6.45, 7) is 9.20. The molecule has 0 aliphatic heterocycles. The maximum atomic E-state index is 9.91. The molecule has 1 aromatic heterocycles. The van der Waals surface area contributed by atoms with Gasteiger partial charge >= 0.3 is 0 Å². The summed E-state index contributed by atoms with van der Waals surface area (Å²) in [6, 6.07) is 0. The van der Waals surface area contributed by atoms with Gasteiger partial charge in [0.05, 0.1) is 5.69 Å². The van der Waals surface area contributed by atoms with Crippen LogP contribution in [-0.4, -0.2) is 14.9 Å². The molecule has 0 spiro atoms. The Bertz CT molecular complexity index is 302. The van der Waals surface area contributed by atoms with Crippen molar-refractivity contribution in [3.63, 3.8) is 0 Å². The zero-order valence-electron chi connectivity index (χ0n) is 9.54. The monoisotopic (exact) mass is 196 g/mol. The number of aromatic hydroxyl groups is 1. The predicted molar refractivity (Wildman–Crippen MR) is 57.5 cm³/mol. The second-order valence-electron chi connectivity index (χ2n) is 4.01. The van der Waals surface area contributed by atoms with E-state index >= 15 is 0 Å². The van der Waals surface area contributed by atoms with Gasteiger partial charge < -0.3 is 5.11 Å². The van der Waals surface area contributed by atoms with E-state index in [2.05, 4.69) is 25.9 Å². The molecular weight excluding hydrogens is 176 g/mol. The number of aromatic nitrogens is 2. The predicted octanol–water partition coefficient (Wildman–Crippen LogP) is 2.37. The number of nitrogens with zero attached hydrogens (tertiary/aromatic N) is 2. The van der Waals surface area contributed by atoms with Gasteiger partial charge in [-0.05, 0) is 25.7 Å². The Morgan fingerprint density at radius 3 is 2.43 bits per heavy atom. The molecule has 1 rings (SSSR count). The fourth-order valence-corrected chi connectivity index (χ4v) is 1.63. The summed E-state index contributed by atoms with van der Waals surface area (Å²) in [5.74, 6) is 0.954. The first-order valence-electron chi connectivity index (χ1n) is 5.37. The molecule has 0 bridgehead atoms. The average Bonchev–Trinajstić information content (AvgIpc) is 2.43. The third-order valence-electron chi connectivity index (χ3n) is 2.34. The van der Waals surface area contributed by atoms with Crippen molar-refractivity contribution in [1.82, 2.24) is 9.78 Å². The highest BCUT2D eigenvalue weighted by Gasteiger charge is 2.15. The fourth-order valence-electron chi connectivity index (χ4n) is 1.63. The van der Waals surface area contributed by atoms with Crippen LogP contribution in [0, 0.1) is 5.92 Å². The largest absolute Gasteiger partial charge is 0.504 e. The molecule has 0 fully saturated rings. The third-order valence-corrected chi connectivity index (χ3v) is 2.34. The molecule has 1 heterocycles. The summed E-state index contributed by atoms with van der Waals surface area (Å²) >= 11 is 0. The van der Waals surface area contributed by atoms with E-state index in [1.165, 1.54) is 0 Å². The zero-order chi connectivity index (χ0) is 10.7. The molecule has 14 heavy (non-hydrogen) atoms. The van der Waals surface area contributed by atoms with Gasteiger partial charge in [0, 0.05) is 6.54 Å². The van der Waals surface area contributed by atoms with Gasteiger partial charge in [-0.3, -0.25) is 4.68 Å². The van der Waals surface area contributed by atoms with Gasteiger partial charge in [0.25, 0.3) is 0 Å². The summed E-state index contributed by atoms with van der Waals surface area (Å²) in [7, 11) is 0. The van der Waals surface area contributed by atoms with Crippen LogP contribution in [0.1, 0.15) is 39.1 Å². The van der Waals surface area contributed by atoms with Crippen LogP contribution in [0.2, 0.25) is 0 Å². The van der Waals surface area contributed by atoms with Crippen LogP contribution in [0.15, 0.2) is 0 Å². The molecule has 0 saturated heterocycles. The van der Waals surface area contributed by atoms with Crippen molar-refractivity contribution in [2.24, 2.45) is 5.92 Å². The Kier molecular flexibility index (Phi) is 3.55. The minimum atomic E-state index is 0.406. The molecule has 1 N–H and O–H groups in total. The van der Waals surface area contributed by atoms with Gasteiger partial charge in [0.2, 0.25) is 0 Å². The minimum Gasteiger partial charge on any atom is -0.504 e. The van der Waals surface area contributed by atoms with Gasteiger partial charge in [-0.15, -0.1) is 0 Å². The molecule has 0 saturated carbocycles. The van der Waals surface area contributed by atoms with Crippen molar-refractivity contribution in [1.29, 1.82) is 0 Å². The summed E-state index contributed by atoms with van der Waals surface area (Å²) in [4.78, 5) is 0. The topological polar surface area (TPSA) is 38.0 Å². The second-order valence-corrected chi connectivity index (χ2v) is 4.01. The van der Waals surface area contributed by atoms with E-state index in [0.29, 0.717) is 11.7 Å². The lowest BCUT2D eigenvalue weighted by Crippen LogP contribution is -2.05. The smallest absolute Gasteiger partial charge is 0.160 e. The van der Waals surface area contributed by atoms with Gasteiger partial charge in [0.15, 0.2) is 5.75 Å². The Morgan fingerprint density at radius 2 is 2.00 bits per heavy atom. The number of aryl methyl sites for hydroxylation is 2. The second kappa shape index (κ2) is 4.49. The molecule has 0 aliphatic rings. The van der Waals surface area contributed by atoms with E-state index in [0.717, 1.165) is 30.8 Å². The van der Waals surface area contributed by atoms with E-state index in [4.69, 9.17) is 0 Å². The number of rotatable bonds is 4. The van der Waals surface area contributed by atoms with E-state index in [1.54, 1.807) is 0 Å². The van der Waals surface area contributed by atoms with Crippen molar-refractivity contribution >= 4 is 0 Å².